The molecule has 1 heterocycles. The van der Waals surface area contributed by atoms with Crippen LogP contribution in [0.5, 0.6) is 5.75 Å². The fraction of sp³-hybridized carbons (Fsp3) is 0.100. The molecule has 2 aromatic rings. The Hall–Kier alpha value is -2.58. The normalized spacial score (nSPS) is 11.3. The number of hydrogen-bond donors (Lipinski definition) is 2. The highest BCUT2D eigenvalue weighted by atomic mass is 19.4. The van der Waals surface area contributed by atoms with E-state index < -0.39 is 23.9 Å². The Morgan fingerprint density at radius 2 is 1.89 bits per heavy atom. The molecule has 1 aromatic carbocycles. The van der Waals surface area contributed by atoms with Gasteiger partial charge in [0.15, 0.2) is 0 Å². The molecule has 1 aromatic heterocycles. The third-order valence-corrected chi connectivity index (χ3v) is 2.02. The van der Waals surface area contributed by atoms with Crippen molar-refractivity contribution in [1.29, 1.82) is 0 Å². The van der Waals surface area contributed by atoms with E-state index in [2.05, 4.69) is 14.7 Å². The van der Waals surface area contributed by atoms with Crippen molar-refractivity contribution in [3.63, 3.8) is 0 Å². The Morgan fingerprint density at radius 1 is 1.26 bits per heavy atom. The monoisotopic (exact) mass is 273 g/mol. The summed E-state index contributed by atoms with van der Waals surface area (Å²) in [6.07, 6.45) is -4.77. The summed E-state index contributed by atoms with van der Waals surface area (Å²) >= 11 is 0. The van der Waals surface area contributed by atoms with Crippen molar-refractivity contribution in [1.82, 2.24) is 10.1 Å². The van der Waals surface area contributed by atoms with Gasteiger partial charge in [-0.15, -0.1) is 0 Å². The summed E-state index contributed by atoms with van der Waals surface area (Å²) in [6.45, 7) is 0. The van der Waals surface area contributed by atoms with Crippen molar-refractivity contribution in [2.24, 2.45) is 0 Å². The Kier molecular flexibility index (Phi) is 3.11. The largest absolute Gasteiger partial charge is 0.508 e. The van der Waals surface area contributed by atoms with E-state index in [-0.39, 0.29) is 11.3 Å². The zero-order chi connectivity index (χ0) is 14.0. The molecule has 0 fully saturated rings. The van der Waals surface area contributed by atoms with Crippen LogP contribution in [0.25, 0.3) is 0 Å². The number of carbonyl (C=O) groups is 1. The zero-order valence-corrected chi connectivity index (χ0v) is 9.10. The molecule has 0 unspecified atom stereocenters. The molecule has 0 atom stereocenters. The number of benzene rings is 1. The maximum Gasteiger partial charge on any atom is 0.471 e. The van der Waals surface area contributed by atoms with Crippen molar-refractivity contribution in [3.8, 4) is 5.75 Å². The first-order valence-corrected chi connectivity index (χ1v) is 4.87. The average molecular weight is 273 g/mol. The smallest absolute Gasteiger partial charge is 0.471 e. The molecule has 0 spiro atoms. The molecular formula is C10H6F3N3O3. The van der Waals surface area contributed by atoms with E-state index in [0.717, 1.165) is 0 Å². The van der Waals surface area contributed by atoms with Crippen molar-refractivity contribution in [2.45, 2.75) is 6.18 Å². The number of aromatic hydroxyl groups is 1. The minimum absolute atomic E-state index is 0.0459. The highest BCUT2D eigenvalue weighted by Crippen LogP contribution is 2.28. The molecule has 0 radical (unpaired) electrons. The lowest BCUT2D eigenvalue weighted by Gasteiger charge is -2.00. The summed E-state index contributed by atoms with van der Waals surface area (Å²) < 4.78 is 40.5. The summed E-state index contributed by atoms with van der Waals surface area (Å²) in [5.41, 5.74) is 0.121. The predicted molar refractivity (Wildman–Crippen MR) is 55.4 cm³/mol. The van der Waals surface area contributed by atoms with Gasteiger partial charge < -0.3 is 9.63 Å². The van der Waals surface area contributed by atoms with Gasteiger partial charge in [0.05, 0.1) is 0 Å². The number of amides is 1. The predicted octanol–water partition coefficient (Wildman–Crippen LogP) is 2.05. The molecular weight excluding hydrogens is 267 g/mol. The lowest BCUT2D eigenvalue weighted by Crippen LogP contribution is -2.13. The minimum Gasteiger partial charge on any atom is -0.508 e. The summed E-state index contributed by atoms with van der Waals surface area (Å²) in [4.78, 5) is 14.6. The van der Waals surface area contributed by atoms with Gasteiger partial charge in [0.25, 0.3) is 11.9 Å². The number of phenols is 1. The van der Waals surface area contributed by atoms with Gasteiger partial charge in [0.2, 0.25) is 0 Å². The van der Waals surface area contributed by atoms with Gasteiger partial charge in [0.1, 0.15) is 5.75 Å². The second-order valence-corrected chi connectivity index (χ2v) is 3.42. The number of rotatable bonds is 2. The number of carbonyl (C=O) groups excluding carboxylic acids is 1. The van der Waals surface area contributed by atoms with Crippen molar-refractivity contribution in [2.75, 3.05) is 5.32 Å². The van der Waals surface area contributed by atoms with Gasteiger partial charge in [-0.25, -0.2) is 0 Å². The van der Waals surface area contributed by atoms with Crippen LogP contribution in [0, 0.1) is 0 Å². The average Bonchev–Trinajstić information content (AvgIpc) is 2.78. The lowest BCUT2D eigenvalue weighted by atomic mass is 10.2. The van der Waals surface area contributed by atoms with E-state index in [0.29, 0.717) is 0 Å². The van der Waals surface area contributed by atoms with Crippen LogP contribution in [0.3, 0.4) is 0 Å². The number of nitrogens with zero attached hydrogens (tertiary/aromatic N) is 2. The molecule has 9 heteroatoms. The lowest BCUT2D eigenvalue weighted by molar-refractivity contribution is -0.159. The number of aromatic nitrogens is 2. The first-order valence-electron chi connectivity index (χ1n) is 4.87. The number of anilines is 1. The number of phenolic OH excluding ortho intramolecular Hbond substituents is 1. The summed E-state index contributed by atoms with van der Waals surface area (Å²) in [5, 5.41) is 14.0. The number of alkyl halides is 3. The van der Waals surface area contributed by atoms with Gasteiger partial charge in [-0.1, -0.05) is 0 Å². The van der Waals surface area contributed by atoms with Crippen molar-refractivity contribution in [3.05, 3.63) is 35.7 Å². The summed E-state index contributed by atoms with van der Waals surface area (Å²) in [7, 11) is 0. The van der Waals surface area contributed by atoms with Crippen LogP contribution in [-0.2, 0) is 6.18 Å². The van der Waals surface area contributed by atoms with Gasteiger partial charge >= 0.3 is 12.1 Å². The third-order valence-electron chi connectivity index (χ3n) is 2.02. The zero-order valence-electron chi connectivity index (χ0n) is 9.10. The Labute approximate surface area is 103 Å². The van der Waals surface area contributed by atoms with Crippen LogP contribution in [0.15, 0.2) is 28.8 Å². The van der Waals surface area contributed by atoms with E-state index >= 15 is 0 Å². The molecule has 2 N–H and O–H groups in total. The van der Waals surface area contributed by atoms with Crippen LogP contribution in [0.4, 0.5) is 19.1 Å². The van der Waals surface area contributed by atoms with Crippen LogP contribution in [0.2, 0.25) is 0 Å². The van der Waals surface area contributed by atoms with Crippen LogP contribution >= 0.6 is 0 Å². The Morgan fingerprint density at radius 3 is 2.42 bits per heavy atom. The number of nitrogens with one attached hydrogen (secondary N) is 1. The standard InChI is InChI=1S/C10H6F3N3O3/c11-10(12,13)8-15-9(16-19-8)14-7(18)5-1-3-6(17)4-2-5/h1-4,17H,(H,14,16,18). The highest BCUT2D eigenvalue weighted by molar-refractivity contribution is 6.03. The quantitative estimate of drug-likeness (QED) is 0.874. The topological polar surface area (TPSA) is 88.3 Å². The van der Waals surface area contributed by atoms with Crippen LogP contribution < -0.4 is 5.32 Å². The Bertz CT molecular complexity index is 592. The molecule has 6 nitrogen and oxygen atoms in total. The maximum atomic E-state index is 12.2. The van der Waals surface area contributed by atoms with Crippen molar-refractivity contribution >= 4 is 11.9 Å². The molecule has 1 amide bonds. The summed E-state index contributed by atoms with van der Waals surface area (Å²) in [6, 6.07) is 5.09. The Balaban J connectivity index is 2.11. The van der Waals surface area contributed by atoms with E-state index in [1.165, 1.54) is 24.3 Å². The molecule has 0 aliphatic heterocycles. The fourth-order valence-electron chi connectivity index (χ4n) is 1.18. The molecule has 0 saturated carbocycles. The molecule has 0 bridgehead atoms. The molecule has 2 rings (SSSR count). The summed E-state index contributed by atoms with van der Waals surface area (Å²) in [5.74, 6) is -2.91. The molecule has 19 heavy (non-hydrogen) atoms. The number of hydrogen-bond acceptors (Lipinski definition) is 5. The highest BCUT2D eigenvalue weighted by Gasteiger charge is 2.38. The third kappa shape index (κ3) is 3.00. The second-order valence-electron chi connectivity index (χ2n) is 3.42. The first-order chi connectivity index (χ1) is 8.86. The molecule has 0 aliphatic rings. The second kappa shape index (κ2) is 4.59. The van der Waals surface area contributed by atoms with Gasteiger partial charge in [-0.05, 0) is 29.4 Å². The first kappa shape index (κ1) is 12.9. The maximum absolute atomic E-state index is 12.2. The molecule has 0 aliphatic carbocycles. The number of halogens is 3. The van der Waals surface area contributed by atoms with Gasteiger partial charge in [0, 0.05) is 5.56 Å². The van der Waals surface area contributed by atoms with Crippen LogP contribution in [0.1, 0.15) is 16.2 Å². The van der Waals surface area contributed by atoms with E-state index in [1.807, 2.05) is 5.32 Å². The van der Waals surface area contributed by atoms with E-state index in [9.17, 15) is 18.0 Å². The molecule has 100 valence electrons. The SMILES string of the molecule is O=C(Nc1noc(C(F)(F)F)n1)c1ccc(O)cc1. The van der Waals surface area contributed by atoms with Gasteiger partial charge in [-0.2, -0.15) is 18.2 Å². The fourth-order valence-corrected chi connectivity index (χ4v) is 1.18. The van der Waals surface area contributed by atoms with Gasteiger partial charge in [-0.3, -0.25) is 10.1 Å². The van der Waals surface area contributed by atoms with Crippen LogP contribution in [-0.4, -0.2) is 21.2 Å². The minimum atomic E-state index is -4.77. The van der Waals surface area contributed by atoms with E-state index in [1.54, 1.807) is 0 Å². The van der Waals surface area contributed by atoms with Crippen molar-refractivity contribution < 1.29 is 27.6 Å². The van der Waals surface area contributed by atoms with E-state index in [4.69, 9.17) is 5.11 Å². The molecule has 0 saturated heterocycles.